The minimum atomic E-state index is -4.33. The van der Waals surface area contributed by atoms with E-state index in [1.54, 1.807) is 0 Å². The summed E-state index contributed by atoms with van der Waals surface area (Å²) in [5.74, 6) is -0.0372. The van der Waals surface area contributed by atoms with Gasteiger partial charge in [-0.3, -0.25) is 4.79 Å². The Morgan fingerprint density at radius 1 is 1.04 bits per heavy atom. The van der Waals surface area contributed by atoms with Crippen molar-refractivity contribution in [1.29, 1.82) is 0 Å². The Hall–Kier alpha value is -1.56. The fourth-order valence-corrected chi connectivity index (χ4v) is 3.80. The molecule has 1 atom stereocenters. The molecular formula is C18H22F3NO2. The fourth-order valence-electron chi connectivity index (χ4n) is 3.80. The van der Waals surface area contributed by atoms with Crippen molar-refractivity contribution in [2.75, 3.05) is 6.54 Å². The molecule has 1 saturated carbocycles. The quantitative estimate of drug-likeness (QED) is 0.915. The third-order valence-corrected chi connectivity index (χ3v) is 5.22. The predicted octanol–water partition coefficient (Wildman–Crippen LogP) is 3.40. The molecule has 0 bridgehead atoms. The van der Waals surface area contributed by atoms with Gasteiger partial charge in [0.15, 0.2) is 0 Å². The number of aliphatic hydroxyl groups is 1. The summed E-state index contributed by atoms with van der Waals surface area (Å²) < 4.78 is 37.8. The lowest BCUT2D eigenvalue weighted by Gasteiger charge is -2.33. The SMILES string of the molecule is O=C1C(Cc2ccc(C(F)(F)F)cc2)CCN1[C@H]1CC[C@@H](O)CC1. The normalized spacial score (nSPS) is 28.4. The summed E-state index contributed by atoms with van der Waals surface area (Å²) in [6.07, 6.45) is -0.205. The fraction of sp³-hybridized carbons (Fsp3) is 0.611. The Bertz CT molecular complexity index is 577. The average Bonchev–Trinajstić information content (AvgIpc) is 2.89. The van der Waals surface area contributed by atoms with Gasteiger partial charge in [-0.25, -0.2) is 0 Å². The number of aliphatic hydroxyl groups excluding tert-OH is 1. The number of amides is 1. The standard InChI is InChI=1S/C18H22F3NO2/c19-18(20,21)14-3-1-12(2-4-14)11-13-9-10-22(17(13)24)15-5-7-16(23)8-6-15/h1-4,13,15-16,23H,5-11H2/t13?,15-,16+. The van der Waals surface area contributed by atoms with E-state index in [-0.39, 0.29) is 24.0 Å². The monoisotopic (exact) mass is 341 g/mol. The number of nitrogens with zero attached hydrogens (tertiary/aromatic N) is 1. The molecule has 1 aromatic carbocycles. The lowest BCUT2D eigenvalue weighted by atomic mass is 9.92. The molecular weight excluding hydrogens is 319 g/mol. The Morgan fingerprint density at radius 3 is 2.25 bits per heavy atom. The van der Waals surface area contributed by atoms with E-state index in [9.17, 15) is 23.1 Å². The molecule has 1 heterocycles. The maximum Gasteiger partial charge on any atom is 0.416 e. The molecule has 2 aliphatic rings. The molecule has 1 aliphatic heterocycles. The summed E-state index contributed by atoms with van der Waals surface area (Å²) in [5, 5.41) is 9.58. The third-order valence-electron chi connectivity index (χ3n) is 5.22. The molecule has 1 aromatic rings. The van der Waals surface area contributed by atoms with E-state index in [1.165, 1.54) is 12.1 Å². The molecule has 1 unspecified atom stereocenters. The molecule has 0 aromatic heterocycles. The van der Waals surface area contributed by atoms with Gasteiger partial charge in [-0.2, -0.15) is 13.2 Å². The van der Waals surface area contributed by atoms with Crippen LogP contribution >= 0.6 is 0 Å². The molecule has 1 aliphatic carbocycles. The van der Waals surface area contributed by atoms with Crippen molar-refractivity contribution in [1.82, 2.24) is 4.90 Å². The summed E-state index contributed by atoms with van der Waals surface area (Å²) >= 11 is 0. The van der Waals surface area contributed by atoms with Crippen molar-refractivity contribution in [2.45, 2.75) is 56.8 Å². The molecule has 1 amide bonds. The van der Waals surface area contributed by atoms with Crippen molar-refractivity contribution < 1.29 is 23.1 Å². The number of likely N-dealkylation sites (tertiary alicyclic amines) is 1. The average molecular weight is 341 g/mol. The molecule has 3 rings (SSSR count). The summed E-state index contributed by atoms with van der Waals surface area (Å²) in [6.45, 7) is 0.713. The van der Waals surface area contributed by atoms with Crippen molar-refractivity contribution in [2.24, 2.45) is 5.92 Å². The number of hydrogen-bond acceptors (Lipinski definition) is 2. The van der Waals surface area contributed by atoms with Crippen molar-refractivity contribution in [3.63, 3.8) is 0 Å². The number of carbonyl (C=O) groups excluding carboxylic acids is 1. The van der Waals surface area contributed by atoms with Crippen molar-refractivity contribution in [3.05, 3.63) is 35.4 Å². The van der Waals surface area contributed by atoms with E-state index in [0.29, 0.717) is 13.0 Å². The molecule has 24 heavy (non-hydrogen) atoms. The summed E-state index contributed by atoms with van der Waals surface area (Å²) in [7, 11) is 0. The minimum absolute atomic E-state index is 0.108. The van der Waals surface area contributed by atoms with Crippen molar-refractivity contribution >= 4 is 5.91 Å². The maximum absolute atomic E-state index is 12.6. The second kappa shape index (κ2) is 6.75. The number of hydrogen-bond donors (Lipinski definition) is 1. The Morgan fingerprint density at radius 2 is 1.67 bits per heavy atom. The topological polar surface area (TPSA) is 40.5 Å². The van der Waals surface area contributed by atoms with Crippen LogP contribution in [0.5, 0.6) is 0 Å². The van der Waals surface area contributed by atoms with Crippen LogP contribution < -0.4 is 0 Å². The van der Waals surface area contributed by atoms with Crippen LogP contribution in [-0.4, -0.2) is 34.6 Å². The largest absolute Gasteiger partial charge is 0.416 e. The minimum Gasteiger partial charge on any atom is -0.393 e. The smallest absolute Gasteiger partial charge is 0.393 e. The molecule has 0 spiro atoms. The second-order valence-corrected chi connectivity index (χ2v) is 6.88. The van der Waals surface area contributed by atoms with Gasteiger partial charge in [-0.15, -0.1) is 0 Å². The highest BCUT2D eigenvalue weighted by atomic mass is 19.4. The number of benzene rings is 1. The van der Waals surface area contributed by atoms with E-state index >= 15 is 0 Å². The molecule has 3 nitrogen and oxygen atoms in total. The van der Waals surface area contributed by atoms with Crippen LogP contribution in [0.15, 0.2) is 24.3 Å². The first-order valence-electron chi connectivity index (χ1n) is 8.49. The van der Waals surface area contributed by atoms with Crippen LogP contribution in [0.2, 0.25) is 0 Å². The zero-order valence-corrected chi connectivity index (χ0v) is 13.4. The first kappa shape index (κ1) is 17.3. The highest BCUT2D eigenvalue weighted by Gasteiger charge is 2.37. The molecule has 1 saturated heterocycles. The maximum atomic E-state index is 12.6. The summed E-state index contributed by atoms with van der Waals surface area (Å²) in [5.41, 5.74) is 0.105. The van der Waals surface area contributed by atoms with Crippen LogP contribution in [-0.2, 0) is 17.4 Å². The lowest BCUT2D eigenvalue weighted by molar-refractivity contribution is -0.137. The van der Waals surface area contributed by atoms with E-state index in [4.69, 9.17) is 0 Å². The van der Waals surface area contributed by atoms with E-state index < -0.39 is 11.7 Å². The van der Waals surface area contributed by atoms with Gasteiger partial charge in [0, 0.05) is 18.5 Å². The Kier molecular flexibility index (Phi) is 4.85. The van der Waals surface area contributed by atoms with Crippen LogP contribution in [0.3, 0.4) is 0 Å². The van der Waals surface area contributed by atoms with E-state index in [2.05, 4.69) is 0 Å². The highest BCUT2D eigenvalue weighted by molar-refractivity contribution is 5.81. The summed E-state index contributed by atoms with van der Waals surface area (Å²) in [4.78, 5) is 14.5. The van der Waals surface area contributed by atoms with Gasteiger partial charge < -0.3 is 10.0 Å². The van der Waals surface area contributed by atoms with Crippen molar-refractivity contribution in [3.8, 4) is 0 Å². The van der Waals surface area contributed by atoms with E-state index in [0.717, 1.165) is 49.8 Å². The Labute approximate surface area is 139 Å². The first-order chi connectivity index (χ1) is 11.3. The number of carbonyl (C=O) groups is 1. The number of alkyl halides is 3. The van der Waals surface area contributed by atoms with Gasteiger partial charge >= 0.3 is 6.18 Å². The van der Waals surface area contributed by atoms with Gasteiger partial charge in [0.2, 0.25) is 5.91 Å². The molecule has 6 heteroatoms. The number of halogens is 3. The molecule has 0 radical (unpaired) electrons. The number of rotatable bonds is 3. The zero-order chi connectivity index (χ0) is 17.3. The second-order valence-electron chi connectivity index (χ2n) is 6.88. The van der Waals surface area contributed by atoms with Crippen LogP contribution in [0.1, 0.15) is 43.2 Å². The van der Waals surface area contributed by atoms with Gasteiger partial charge in [0.25, 0.3) is 0 Å². The van der Waals surface area contributed by atoms with Crippen LogP contribution in [0.4, 0.5) is 13.2 Å². The molecule has 132 valence electrons. The van der Waals surface area contributed by atoms with Crippen LogP contribution in [0, 0.1) is 5.92 Å². The van der Waals surface area contributed by atoms with Gasteiger partial charge in [-0.05, 0) is 56.2 Å². The Balaban J connectivity index is 1.59. The molecule has 2 fully saturated rings. The van der Waals surface area contributed by atoms with E-state index in [1.807, 2.05) is 4.90 Å². The van der Waals surface area contributed by atoms with Gasteiger partial charge in [-0.1, -0.05) is 12.1 Å². The highest BCUT2D eigenvalue weighted by Crippen LogP contribution is 2.32. The zero-order valence-electron chi connectivity index (χ0n) is 13.4. The van der Waals surface area contributed by atoms with Gasteiger partial charge in [0.1, 0.15) is 0 Å². The predicted molar refractivity (Wildman–Crippen MR) is 83.2 cm³/mol. The summed E-state index contributed by atoms with van der Waals surface area (Å²) in [6, 6.07) is 5.30. The first-order valence-corrected chi connectivity index (χ1v) is 8.49. The lowest BCUT2D eigenvalue weighted by Crippen LogP contribution is -2.41. The van der Waals surface area contributed by atoms with Gasteiger partial charge in [0.05, 0.1) is 11.7 Å². The molecule has 1 N–H and O–H groups in total. The third kappa shape index (κ3) is 3.74. The van der Waals surface area contributed by atoms with Crippen LogP contribution in [0.25, 0.3) is 0 Å².